The standard InChI is InChI=1S/C34H35ClN6O2/c1-22-10-12-23(13-11-22)20-41-33-29(39-34(41)40-14-15-43-21-30(40)24-6-3-2-4-7-24)17-28(27-8-5-9-31(42)37-27)38-32(33)25-16-26(35)19-36-18-25/h2-9,16-19,22-23,30H,10-15,20-21H2,1H3,(H,37,42)/t22?,23?,30-/m0/s1. The van der Waals surface area contributed by atoms with Crippen LogP contribution < -0.4 is 10.5 Å². The number of morpholine rings is 1. The van der Waals surface area contributed by atoms with Gasteiger partial charge in [0.05, 0.1) is 52.4 Å². The smallest absolute Gasteiger partial charge is 0.248 e. The van der Waals surface area contributed by atoms with Gasteiger partial charge in [-0.15, -0.1) is 0 Å². The lowest BCUT2D eigenvalue weighted by molar-refractivity contribution is 0.0927. The minimum absolute atomic E-state index is 0.0334. The van der Waals surface area contributed by atoms with E-state index in [4.69, 9.17) is 26.3 Å². The molecule has 2 aliphatic rings. The summed E-state index contributed by atoms with van der Waals surface area (Å²) in [6.07, 6.45) is 8.29. The van der Waals surface area contributed by atoms with Gasteiger partial charge in [-0.1, -0.05) is 67.8 Å². The van der Waals surface area contributed by atoms with E-state index < -0.39 is 0 Å². The van der Waals surface area contributed by atoms with Crippen molar-refractivity contribution in [1.29, 1.82) is 0 Å². The van der Waals surface area contributed by atoms with Crippen molar-refractivity contribution in [3.63, 3.8) is 0 Å². The van der Waals surface area contributed by atoms with Crippen LogP contribution in [0, 0.1) is 11.8 Å². The van der Waals surface area contributed by atoms with E-state index in [0.29, 0.717) is 35.5 Å². The Morgan fingerprint density at radius 2 is 1.84 bits per heavy atom. The maximum atomic E-state index is 12.3. The van der Waals surface area contributed by atoms with Gasteiger partial charge in [-0.25, -0.2) is 9.97 Å². The highest BCUT2D eigenvalue weighted by Gasteiger charge is 2.32. The van der Waals surface area contributed by atoms with E-state index in [1.807, 2.05) is 24.3 Å². The summed E-state index contributed by atoms with van der Waals surface area (Å²) < 4.78 is 8.40. The first kappa shape index (κ1) is 27.8. The Bertz CT molecular complexity index is 1790. The fraction of sp³-hybridized carbons (Fsp3) is 0.353. The van der Waals surface area contributed by atoms with E-state index in [1.54, 1.807) is 18.5 Å². The van der Waals surface area contributed by atoms with Crippen LogP contribution in [0.2, 0.25) is 5.02 Å². The molecule has 1 N–H and O–H groups in total. The van der Waals surface area contributed by atoms with E-state index in [9.17, 15) is 4.79 Å². The van der Waals surface area contributed by atoms with Gasteiger partial charge < -0.3 is 19.2 Å². The van der Waals surface area contributed by atoms with Crippen molar-refractivity contribution in [1.82, 2.24) is 24.5 Å². The molecule has 1 aromatic carbocycles. The highest BCUT2D eigenvalue weighted by atomic mass is 35.5. The Morgan fingerprint density at radius 1 is 1.00 bits per heavy atom. The molecule has 1 aliphatic heterocycles. The summed E-state index contributed by atoms with van der Waals surface area (Å²) >= 11 is 6.46. The Labute approximate surface area is 255 Å². The van der Waals surface area contributed by atoms with Crippen LogP contribution in [0.4, 0.5) is 5.95 Å². The van der Waals surface area contributed by atoms with E-state index in [-0.39, 0.29) is 11.6 Å². The molecule has 0 amide bonds. The number of H-pyrrole nitrogens is 1. The molecule has 5 aromatic rings. The third-order valence-electron chi connectivity index (χ3n) is 8.87. The van der Waals surface area contributed by atoms with Crippen molar-refractivity contribution < 1.29 is 4.74 Å². The number of aromatic amines is 1. The fourth-order valence-corrected chi connectivity index (χ4v) is 6.75. The number of halogens is 1. The monoisotopic (exact) mass is 594 g/mol. The lowest BCUT2D eigenvalue weighted by Gasteiger charge is -2.37. The van der Waals surface area contributed by atoms with Crippen LogP contribution in [-0.4, -0.2) is 44.3 Å². The molecule has 5 heterocycles. The van der Waals surface area contributed by atoms with Crippen LogP contribution in [0.25, 0.3) is 33.7 Å². The molecule has 0 unspecified atom stereocenters. The van der Waals surface area contributed by atoms with Gasteiger partial charge in [-0.3, -0.25) is 9.78 Å². The van der Waals surface area contributed by atoms with Crippen molar-refractivity contribution in [2.75, 3.05) is 24.7 Å². The first-order chi connectivity index (χ1) is 21.0. The SMILES string of the molecule is CC1CCC(Cn2c(N3CCOC[C@H]3c3ccccc3)nc3cc(-c4cccc(=O)[nH]4)nc(-c4cncc(Cl)c4)c32)CC1. The van der Waals surface area contributed by atoms with Gasteiger partial charge in [0.1, 0.15) is 0 Å². The van der Waals surface area contributed by atoms with Crippen LogP contribution in [-0.2, 0) is 11.3 Å². The van der Waals surface area contributed by atoms with Crippen LogP contribution in [0.15, 0.2) is 77.9 Å². The van der Waals surface area contributed by atoms with Gasteiger partial charge in [0.25, 0.3) is 0 Å². The predicted molar refractivity (Wildman–Crippen MR) is 170 cm³/mol. The molecule has 0 radical (unpaired) electrons. The van der Waals surface area contributed by atoms with E-state index >= 15 is 0 Å². The largest absolute Gasteiger partial charge is 0.377 e. The van der Waals surface area contributed by atoms with Gasteiger partial charge in [-0.05, 0) is 48.4 Å². The van der Waals surface area contributed by atoms with E-state index in [1.165, 1.54) is 37.3 Å². The number of rotatable bonds is 6. The maximum absolute atomic E-state index is 12.3. The van der Waals surface area contributed by atoms with Gasteiger partial charge in [-0.2, -0.15) is 0 Å². The average molecular weight is 595 g/mol. The molecule has 1 atom stereocenters. The Hall–Kier alpha value is -4.01. The topological polar surface area (TPSA) is 88.9 Å². The number of benzene rings is 1. The van der Waals surface area contributed by atoms with Crippen molar-refractivity contribution in [3.05, 3.63) is 94.0 Å². The number of nitrogens with zero attached hydrogens (tertiary/aromatic N) is 5. The number of imidazole rings is 1. The third-order valence-corrected chi connectivity index (χ3v) is 9.08. The average Bonchev–Trinajstić information content (AvgIpc) is 3.40. The number of fused-ring (bicyclic) bond motifs is 1. The van der Waals surface area contributed by atoms with Gasteiger partial charge >= 0.3 is 0 Å². The normalized spacial score (nSPS) is 20.9. The lowest BCUT2D eigenvalue weighted by Crippen LogP contribution is -2.41. The van der Waals surface area contributed by atoms with Crippen LogP contribution in [0.1, 0.15) is 44.2 Å². The first-order valence-corrected chi connectivity index (χ1v) is 15.5. The third kappa shape index (κ3) is 5.69. The predicted octanol–water partition coefficient (Wildman–Crippen LogP) is 6.91. The van der Waals surface area contributed by atoms with Crippen molar-refractivity contribution in [2.24, 2.45) is 11.8 Å². The molecule has 8 nitrogen and oxygen atoms in total. The first-order valence-electron chi connectivity index (χ1n) is 15.1. The zero-order valence-electron chi connectivity index (χ0n) is 24.2. The Balaban J connectivity index is 1.46. The number of pyridine rings is 3. The summed E-state index contributed by atoms with van der Waals surface area (Å²) in [7, 11) is 0. The molecule has 1 saturated heterocycles. The van der Waals surface area contributed by atoms with Gasteiger partial charge in [0.15, 0.2) is 0 Å². The summed E-state index contributed by atoms with van der Waals surface area (Å²) in [5.41, 5.74) is 5.64. The zero-order valence-corrected chi connectivity index (χ0v) is 25.0. The zero-order chi connectivity index (χ0) is 29.3. The highest BCUT2D eigenvalue weighted by Crippen LogP contribution is 2.39. The van der Waals surface area contributed by atoms with Crippen LogP contribution in [0.3, 0.4) is 0 Å². The molecule has 0 spiro atoms. The molecule has 2 fully saturated rings. The minimum atomic E-state index is -0.179. The van der Waals surface area contributed by atoms with E-state index in [0.717, 1.165) is 47.2 Å². The molecule has 7 rings (SSSR count). The molecule has 1 aliphatic carbocycles. The summed E-state index contributed by atoms with van der Waals surface area (Å²) in [4.78, 5) is 32.5. The molecule has 220 valence electrons. The molecule has 43 heavy (non-hydrogen) atoms. The summed E-state index contributed by atoms with van der Waals surface area (Å²) in [6, 6.07) is 19.6. The summed E-state index contributed by atoms with van der Waals surface area (Å²) in [6.45, 7) is 5.16. The molecular formula is C34H35ClN6O2. The number of ether oxygens (including phenoxy) is 1. The van der Waals surface area contributed by atoms with Crippen molar-refractivity contribution in [2.45, 2.75) is 45.2 Å². The minimum Gasteiger partial charge on any atom is -0.377 e. The second-order valence-corrected chi connectivity index (χ2v) is 12.3. The molecule has 1 saturated carbocycles. The quantitative estimate of drug-likeness (QED) is 0.230. The fourth-order valence-electron chi connectivity index (χ4n) is 6.58. The summed E-state index contributed by atoms with van der Waals surface area (Å²) in [5, 5.41) is 0.538. The number of hydrogen-bond acceptors (Lipinski definition) is 6. The Morgan fingerprint density at radius 3 is 2.63 bits per heavy atom. The second-order valence-electron chi connectivity index (χ2n) is 11.9. The van der Waals surface area contributed by atoms with Crippen molar-refractivity contribution >= 4 is 28.6 Å². The van der Waals surface area contributed by atoms with E-state index in [2.05, 4.69) is 50.6 Å². The lowest BCUT2D eigenvalue weighted by atomic mass is 9.83. The number of anilines is 1. The highest BCUT2D eigenvalue weighted by molar-refractivity contribution is 6.30. The number of hydrogen-bond donors (Lipinski definition) is 1. The van der Waals surface area contributed by atoms with Crippen LogP contribution in [0.5, 0.6) is 0 Å². The molecular weight excluding hydrogens is 560 g/mol. The Kier molecular flexibility index (Phi) is 7.72. The molecule has 0 bridgehead atoms. The molecule has 9 heteroatoms. The number of aromatic nitrogens is 5. The number of nitrogens with one attached hydrogen (secondary N) is 1. The van der Waals surface area contributed by atoms with Crippen LogP contribution >= 0.6 is 11.6 Å². The maximum Gasteiger partial charge on any atom is 0.248 e. The molecule has 4 aromatic heterocycles. The van der Waals surface area contributed by atoms with Gasteiger partial charge in [0.2, 0.25) is 11.5 Å². The summed E-state index contributed by atoms with van der Waals surface area (Å²) in [5.74, 6) is 2.23. The van der Waals surface area contributed by atoms with Gasteiger partial charge in [0, 0.05) is 37.1 Å². The van der Waals surface area contributed by atoms with Crippen molar-refractivity contribution in [3.8, 4) is 22.6 Å². The second kappa shape index (κ2) is 11.9.